The summed E-state index contributed by atoms with van der Waals surface area (Å²) in [6, 6.07) is 0. The first-order valence-corrected chi connectivity index (χ1v) is 3.18. The van der Waals surface area contributed by atoms with Crippen LogP contribution in [0.2, 0.25) is 0 Å². The first-order valence-electron chi connectivity index (χ1n) is 3.18. The third-order valence-electron chi connectivity index (χ3n) is 1.29. The van der Waals surface area contributed by atoms with Crippen LogP contribution in [0.3, 0.4) is 0 Å². The Morgan fingerprint density at radius 3 is 2.09 bits per heavy atom. The number of hydrogen-bond donors (Lipinski definition) is 0. The Kier molecular flexibility index (Phi) is 1.44. The maximum absolute atomic E-state index is 5.08. The molecule has 2 rings (SSSR count). The van der Waals surface area contributed by atoms with Gasteiger partial charge < -0.3 is 9.47 Å². The highest BCUT2D eigenvalue weighted by Crippen LogP contribution is 2.20. The summed E-state index contributed by atoms with van der Waals surface area (Å²) in [6.07, 6.45) is 6.37. The van der Waals surface area contributed by atoms with E-state index in [0.29, 0.717) is 11.5 Å². The van der Waals surface area contributed by atoms with Gasteiger partial charge in [0.15, 0.2) is 11.5 Å². The number of hydrogen-bond acceptors (Lipinski definition) is 4. The van der Waals surface area contributed by atoms with E-state index in [1.165, 1.54) is 0 Å². The Hall–Kier alpha value is -1.58. The molecule has 2 aliphatic heterocycles. The van der Waals surface area contributed by atoms with Crippen LogP contribution in [-0.4, -0.2) is 19.2 Å². The van der Waals surface area contributed by atoms with Crippen LogP contribution in [0.1, 0.15) is 0 Å². The highest BCUT2D eigenvalue weighted by molar-refractivity contribution is 6.16. The van der Waals surface area contributed by atoms with E-state index >= 15 is 0 Å². The molecular weight excluding hydrogens is 144 g/mol. The zero-order chi connectivity index (χ0) is 7.52. The van der Waals surface area contributed by atoms with Crippen molar-refractivity contribution in [2.75, 3.05) is 6.79 Å². The van der Waals surface area contributed by atoms with Gasteiger partial charge in [-0.2, -0.15) is 0 Å². The summed E-state index contributed by atoms with van der Waals surface area (Å²) < 4.78 is 10.2. The van der Waals surface area contributed by atoms with Crippen LogP contribution < -0.4 is 0 Å². The Bertz CT molecular complexity index is 248. The molecule has 11 heavy (non-hydrogen) atoms. The summed E-state index contributed by atoms with van der Waals surface area (Å²) in [4.78, 5) is 7.78. The lowest BCUT2D eigenvalue weighted by molar-refractivity contribution is 0.0974. The molecule has 1 fully saturated rings. The second-order valence-corrected chi connectivity index (χ2v) is 1.99. The second kappa shape index (κ2) is 2.57. The molecule has 0 amide bonds. The Labute approximate surface area is 63.6 Å². The third-order valence-corrected chi connectivity index (χ3v) is 1.29. The van der Waals surface area contributed by atoms with E-state index in [1.54, 1.807) is 24.8 Å². The molecule has 0 radical (unpaired) electrons. The maximum atomic E-state index is 5.08. The van der Waals surface area contributed by atoms with Crippen molar-refractivity contribution >= 4 is 12.4 Å². The van der Waals surface area contributed by atoms with E-state index in [-0.39, 0.29) is 6.79 Å². The molecule has 2 aliphatic rings. The van der Waals surface area contributed by atoms with E-state index in [2.05, 4.69) is 9.98 Å². The Morgan fingerprint density at radius 2 is 1.55 bits per heavy atom. The minimum Gasteiger partial charge on any atom is -0.452 e. The number of fused-ring (bicyclic) bond motifs is 1. The molecule has 0 aliphatic carbocycles. The van der Waals surface area contributed by atoms with Crippen molar-refractivity contribution in [2.24, 2.45) is 9.98 Å². The standard InChI is InChI=1S/C7H6N2O2/c1-2-9-4-7-6(3-8-1)10-5-11-7/h1-4H,5H2/b2-1?,6-3+,7-4+,8-1?,8-3?,9-2?,9-4?. The summed E-state index contributed by atoms with van der Waals surface area (Å²) in [5.74, 6) is 1.27. The van der Waals surface area contributed by atoms with Crippen LogP contribution >= 0.6 is 0 Å². The first kappa shape index (κ1) is 6.15. The van der Waals surface area contributed by atoms with E-state index in [1.807, 2.05) is 0 Å². The fourth-order valence-electron chi connectivity index (χ4n) is 0.799. The predicted octanol–water partition coefficient (Wildman–Crippen LogP) is 0.829. The SMILES string of the molecule is C1=N/C=C2/OCO/C2=C/N=C1. The molecule has 0 saturated carbocycles. The quantitative estimate of drug-likeness (QED) is 0.513. The normalized spacial score (nSPS) is 29.8. The molecule has 0 spiro atoms. The van der Waals surface area contributed by atoms with Crippen molar-refractivity contribution in [1.82, 2.24) is 0 Å². The Morgan fingerprint density at radius 1 is 1.00 bits per heavy atom. The van der Waals surface area contributed by atoms with Gasteiger partial charge in [-0.15, -0.1) is 0 Å². The van der Waals surface area contributed by atoms with Gasteiger partial charge in [-0.25, -0.2) is 0 Å². The van der Waals surface area contributed by atoms with E-state index in [9.17, 15) is 0 Å². The van der Waals surface area contributed by atoms with Crippen molar-refractivity contribution in [2.45, 2.75) is 0 Å². The number of ether oxygens (including phenoxy) is 2. The molecule has 2 heterocycles. The summed E-state index contributed by atoms with van der Waals surface area (Å²) in [5.41, 5.74) is 0. The van der Waals surface area contributed by atoms with E-state index in [0.717, 1.165) is 0 Å². The fourth-order valence-corrected chi connectivity index (χ4v) is 0.799. The lowest BCUT2D eigenvalue weighted by Crippen LogP contribution is -1.85. The van der Waals surface area contributed by atoms with Crippen molar-refractivity contribution in [3.05, 3.63) is 23.9 Å². The van der Waals surface area contributed by atoms with Crippen molar-refractivity contribution < 1.29 is 9.47 Å². The third kappa shape index (κ3) is 1.14. The van der Waals surface area contributed by atoms with Crippen LogP contribution in [-0.2, 0) is 9.47 Å². The molecule has 0 aromatic rings. The summed E-state index contributed by atoms with van der Waals surface area (Å²) in [7, 11) is 0. The average Bonchev–Trinajstić information content (AvgIpc) is 2.35. The van der Waals surface area contributed by atoms with Crippen LogP contribution in [0.15, 0.2) is 33.9 Å². The zero-order valence-electron chi connectivity index (χ0n) is 5.73. The van der Waals surface area contributed by atoms with Gasteiger partial charge in [-0.05, 0) is 0 Å². The summed E-state index contributed by atoms with van der Waals surface area (Å²) in [6.45, 7) is 0.253. The molecule has 1 saturated heterocycles. The molecule has 0 N–H and O–H groups in total. The minimum absolute atomic E-state index is 0.253. The van der Waals surface area contributed by atoms with Gasteiger partial charge in [0.1, 0.15) is 0 Å². The van der Waals surface area contributed by atoms with Gasteiger partial charge in [0, 0.05) is 12.4 Å². The molecule has 0 aromatic heterocycles. The molecular formula is C7H6N2O2. The average molecular weight is 150 g/mol. The lowest BCUT2D eigenvalue weighted by atomic mass is 10.4. The smallest absolute Gasteiger partial charge is 0.231 e. The molecule has 0 aromatic carbocycles. The molecule has 0 bridgehead atoms. The highest BCUT2D eigenvalue weighted by atomic mass is 16.7. The number of nitrogens with zero attached hydrogens (tertiary/aromatic N) is 2. The topological polar surface area (TPSA) is 43.2 Å². The molecule has 4 nitrogen and oxygen atoms in total. The first-order chi connectivity index (χ1) is 5.47. The second-order valence-electron chi connectivity index (χ2n) is 1.99. The zero-order valence-corrected chi connectivity index (χ0v) is 5.73. The highest BCUT2D eigenvalue weighted by Gasteiger charge is 2.15. The van der Waals surface area contributed by atoms with E-state index < -0.39 is 0 Å². The monoisotopic (exact) mass is 150 g/mol. The van der Waals surface area contributed by atoms with Crippen molar-refractivity contribution in [1.29, 1.82) is 0 Å². The lowest BCUT2D eigenvalue weighted by Gasteiger charge is -1.93. The van der Waals surface area contributed by atoms with Gasteiger partial charge in [-0.1, -0.05) is 0 Å². The van der Waals surface area contributed by atoms with Crippen LogP contribution in [0, 0.1) is 0 Å². The Balaban J connectivity index is 2.35. The predicted molar refractivity (Wildman–Crippen MR) is 40.2 cm³/mol. The molecule has 56 valence electrons. The van der Waals surface area contributed by atoms with Crippen LogP contribution in [0.5, 0.6) is 0 Å². The molecule has 4 heteroatoms. The van der Waals surface area contributed by atoms with Crippen molar-refractivity contribution in [3.8, 4) is 0 Å². The largest absolute Gasteiger partial charge is 0.452 e. The van der Waals surface area contributed by atoms with Gasteiger partial charge in [0.2, 0.25) is 6.79 Å². The van der Waals surface area contributed by atoms with Gasteiger partial charge in [-0.3, -0.25) is 9.98 Å². The van der Waals surface area contributed by atoms with Gasteiger partial charge >= 0.3 is 0 Å². The summed E-state index contributed by atoms with van der Waals surface area (Å²) >= 11 is 0. The summed E-state index contributed by atoms with van der Waals surface area (Å²) in [5, 5.41) is 0. The minimum atomic E-state index is 0.253. The molecule has 0 unspecified atom stereocenters. The van der Waals surface area contributed by atoms with Crippen molar-refractivity contribution in [3.63, 3.8) is 0 Å². The fraction of sp³-hybridized carbons (Fsp3) is 0.143. The van der Waals surface area contributed by atoms with E-state index in [4.69, 9.17) is 9.47 Å². The number of rotatable bonds is 0. The molecule has 0 atom stereocenters. The number of aliphatic imine (C=N–C) groups is 2. The van der Waals surface area contributed by atoms with Gasteiger partial charge in [0.05, 0.1) is 12.4 Å². The van der Waals surface area contributed by atoms with Gasteiger partial charge in [0.25, 0.3) is 0 Å². The van der Waals surface area contributed by atoms with Crippen LogP contribution in [0.4, 0.5) is 0 Å². The maximum Gasteiger partial charge on any atom is 0.231 e. The van der Waals surface area contributed by atoms with Crippen LogP contribution in [0.25, 0.3) is 0 Å².